The molecule has 3 aliphatic rings. The van der Waals surface area contributed by atoms with Gasteiger partial charge in [0, 0.05) is 17.8 Å². The molecule has 3 N–H and O–H groups in total. The van der Waals surface area contributed by atoms with E-state index in [9.17, 15) is 19.2 Å². The Morgan fingerprint density at radius 1 is 0.929 bits per heavy atom. The van der Waals surface area contributed by atoms with E-state index in [2.05, 4.69) is 5.32 Å². The Kier molecular flexibility index (Phi) is 10.2. The fourth-order valence-electron chi connectivity index (χ4n) is 5.78. The van der Waals surface area contributed by atoms with Crippen LogP contribution in [0.5, 0.6) is 5.75 Å². The first-order valence-electron chi connectivity index (χ1n) is 15.0. The number of hydrogen-bond acceptors (Lipinski definition) is 7. The lowest BCUT2D eigenvalue weighted by Crippen LogP contribution is -2.58. The van der Waals surface area contributed by atoms with Crippen molar-refractivity contribution in [2.24, 2.45) is 5.73 Å². The number of urea groups is 3. The number of anilines is 1. The van der Waals surface area contributed by atoms with Crippen molar-refractivity contribution in [1.29, 1.82) is 0 Å². The van der Waals surface area contributed by atoms with Gasteiger partial charge in [0.2, 0.25) is 0 Å². The third kappa shape index (κ3) is 8.05. The molecule has 0 radical (unpaired) electrons. The molecular weight excluding hydrogens is 542 g/mol. The van der Waals surface area contributed by atoms with Crippen LogP contribution in [0.25, 0.3) is 0 Å². The third-order valence-corrected chi connectivity index (χ3v) is 7.86. The summed E-state index contributed by atoms with van der Waals surface area (Å²) in [5.74, 6) is -0.0733. The zero-order valence-corrected chi connectivity index (χ0v) is 25.2. The highest BCUT2D eigenvalue weighted by Crippen LogP contribution is 2.36. The van der Waals surface area contributed by atoms with Crippen molar-refractivity contribution >= 4 is 29.8 Å². The van der Waals surface area contributed by atoms with E-state index < -0.39 is 48.7 Å². The molecule has 1 aliphatic heterocycles. The molecule has 2 saturated carbocycles. The number of carbonyl (C=O) groups excluding carboxylic acids is 4. The normalized spacial score (nSPS) is 21.1. The number of ether oxygens (including phenoxy) is 3. The van der Waals surface area contributed by atoms with Crippen molar-refractivity contribution in [1.82, 2.24) is 15.1 Å². The standard InChI is InChI=1S/C30H45N5O7/c1-30(2,3)42-24(36)19-33(27(31)37)25-26(41-25)34(22-15-17-23(40-4)18-16-22)29(39)35(21-13-9-6-10-14-21)28(38)32-20-11-7-5-8-12-20/h15-18,20-21,25-26H,5-14,19H2,1-4H3,(H2,31,37)(H,32,38)/t25-,26+/m1/s1. The summed E-state index contributed by atoms with van der Waals surface area (Å²) in [7, 11) is 1.54. The molecule has 0 unspecified atom stereocenters. The van der Waals surface area contributed by atoms with E-state index in [1.54, 1.807) is 52.1 Å². The summed E-state index contributed by atoms with van der Waals surface area (Å²) < 4.78 is 16.5. The van der Waals surface area contributed by atoms with Gasteiger partial charge in [-0.05, 0) is 70.7 Å². The van der Waals surface area contributed by atoms with Crippen LogP contribution >= 0.6 is 0 Å². The number of methoxy groups -OCH3 is 1. The molecule has 1 aromatic carbocycles. The van der Waals surface area contributed by atoms with Gasteiger partial charge in [0.1, 0.15) is 17.9 Å². The van der Waals surface area contributed by atoms with Crippen LogP contribution in [0.15, 0.2) is 24.3 Å². The highest BCUT2D eigenvalue weighted by molar-refractivity contribution is 6.03. The van der Waals surface area contributed by atoms with E-state index >= 15 is 0 Å². The molecule has 4 rings (SSSR count). The molecule has 0 bridgehead atoms. The summed E-state index contributed by atoms with van der Waals surface area (Å²) >= 11 is 0. The summed E-state index contributed by atoms with van der Waals surface area (Å²) in [5, 5.41) is 3.11. The minimum atomic E-state index is -1.00. The first kappa shape index (κ1) is 31.4. The fraction of sp³-hybridized carbons (Fsp3) is 0.667. The Balaban J connectivity index is 1.63. The largest absolute Gasteiger partial charge is 0.497 e. The van der Waals surface area contributed by atoms with E-state index in [0.717, 1.165) is 56.3 Å². The highest BCUT2D eigenvalue weighted by Gasteiger charge is 2.54. The number of rotatable bonds is 8. The molecule has 232 valence electrons. The quantitative estimate of drug-likeness (QED) is 0.331. The molecule has 0 spiro atoms. The van der Waals surface area contributed by atoms with Gasteiger partial charge in [-0.25, -0.2) is 19.3 Å². The lowest BCUT2D eigenvalue weighted by molar-refractivity contribution is -0.155. The summed E-state index contributed by atoms with van der Waals surface area (Å²) in [6.45, 7) is 4.71. The number of benzene rings is 1. The minimum absolute atomic E-state index is 0.0173. The average molecular weight is 588 g/mol. The smallest absolute Gasteiger partial charge is 0.335 e. The number of carbonyl (C=O) groups is 4. The lowest BCUT2D eigenvalue weighted by atomic mass is 9.94. The summed E-state index contributed by atoms with van der Waals surface area (Å²) in [5.41, 5.74) is 5.32. The Hall–Kier alpha value is -3.54. The summed E-state index contributed by atoms with van der Waals surface area (Å²) in [4.78, 5) is 57.0. The number of primary amides is 1. The highest BCUT2D eigenvalue weighted by atomic mass is 16.6. The Morgan fingerprint density at radius 2 is 1.52 bits per heavy atom. The van der Waals surface area contributed by atoms with Crippen molar-refractivity contribution in [3.63, 3.8) is 0 Å². The van der Waals surface area contributed by atoms with Gasteiger partial charge in [-0.2, -0.15) is 0 Å². The number of epoxide rings is 1. The number of nitrogens with one attached hydrogen (secondary N) is 1. The van der Waals surface area contributed by atoms with Crippen LogP contribution in [-0.4, -0.2) is 77.7 Å². The van der Waals surface area contributed by atoms with Crippen LogP contribution in [0.4, 0.5) is 20.1 Å². The maximum Gasteiger partial charge on any atom is 0.335 e. The molecule has 6 amide bonds. The van der Waals surface area contributed by atoms with Gasteiger partial charge in [0.25, 0.3) is 0 Å². The number of nitrogens with zero attached hydrogens (tertiary/aromatic N) is 3. The van der Waals surface area contributed by atoms with E-state index in [-0.39, 0.29) is 12.1 Å². The van der Waals surface area contributed by atoms with Gasteiger partial charge in [0.05, 0.1) is 7.11 Å². The number of imide groups is 1. The maximum absolute atomic E-state index is 14.5. The number of esters is 1. The summed E-state index contributed by atoms with van der Waals surface area (Å²) in [6.07, 6.45) is 7.31. The van der Waals surface area contributed by atoms with Crippen LogP contribution < -0.4 is 20.7 Å². The first-order chi connectivity index (χ1) is 20.0. The Bertz CT molecular complexity index is 1110. The predicted octanol–water partition coefficient (Wildman–Crippen LogP) is 4.70. The monoisotopic (exact) mass is 587 g/mol. The number of nitrogens with two attached hydrogens (primary N) is 1. The molecule has 1 aromatic rings. The first-order valence-corrected chi connectivity index (χ1v) is 15.0. The van der Waals surface area contributed by atoms with Gasteiger partial charge >= 0.3 is 24.1 Å². The second-order valence-electron chi connectivity index (χ2n) is 12.3. The molecule has 12 heteroatoms. The van der Waals surface area contributed by atoms with Crippen LogP contribution in [0, 0.1) is 0 Å². The SMILES string of the molecule is COc1ccc(N(C(=O)N(C(=O)NC2CCCCC2)C2CCCCC2)[C@H]2O[C@H]2N(CC(=O)OC(C)(C)C)C(N)=O)cc1. The van der Waals surface area contributed by atoms with Crippen molar-refractivity contribution in [2.75, 3.05) is 18.6 Å². The molecule has 3 fully saturated rings. The van der Waals surface area contributed by atoms with Gasteiger partial charge in [0.15, 0.2) is 12.5 Å². The van der Waals surface area contributed by atoms with Crippen LogP contribution in [0.2, 0.25) is 0 Å². The second kappa shape index (κ2) is 13.6. The fourth-order valence-corrected chi connectivity index (χ4v) is 5.78. The molecule has 2 atom stereocenters. The number of hydrogen-bond donors (Lipinski definition) is 2. The maximum atomic E-state index is 14.5. The second-order valence-corrected chi connectivity index (χ2v) is 12.3. The topological polar surface area (TPSA) is 147 Å². The molecule has 0 aromatic heterocycles. The molecule has 12 nitrogen and oxygen atoms in total. The van der Waals surface area contributed by atoms with Crippen molar-refractivity contribution < 1.29 is 33.4 Å². The lowest BCUT2D eigenvalue weighted by Gasteiger charge is -2.37. The average Bonchev–Trinajstić information content (AvgIpc) is 3.72. The molecule has 1 saturated heterocycles. The van der Waals surface area contributed by atoms with Gasteiger partial charge in [-0.1, -0.05) is 38.5 Å². The van der Waals surface area contributed by atoms with E-state index in [0.29, 0.717) is 24.3 Å². The van der Waals surface area contributed by atoms with Crippen molar-refractivity contribution in [2.45, 2.75) is 115 Å². The molecular formula is C30H45N5O7. The third-order valence-electron chi connectivity index (χ3n) is 7.86. The van der Waals surface area contributed by atoms with Crippen molar-refractivity contribution in [3.05, 3.63) is 24.3 Å². The van der Waals surface area contributed by atoms with Crippen LogP contribution in [0.1, 0.15) is 85.0 Å². The molecule has 1 heterocycles. The van der Waals surface area contributed by atoms with Gasteiger partial charge in [-0.3, -0.25) is 14.6 Å². The van der Waals surface area contributed by atoms with Crippen molar-refractivity contribution in [3.8, 4) is 5.75 Å². The zero-order valence-electron chi connectivity index (χ0n) is 25.2. The van der Waals surface area contributed by atoms with Crippen LogP contribution in [0.3, 0.4) is 0 Å². The van der Waals surface area contributed by atoms with Gasteiger partial charge < -0.3 is 25.3 Å². The summed E-state index contributed by atoms with van der Waals surface area (Å²) in [6, 6.07) is 4.65. The Morgan fingerprint density at radius 3 is 2.07 bits per heavy atom. The van der Waals surface area contributed by atoms with E-state index in [1.807, 2.05) is 0 Å². The zero-order chi connectivity index (χ0) is 30.4. The number of amides is 6. The Labute approximate surface area is 247 Å². The minimum Gasteiger partial charge on any atom is -0.497 e. The van der Waals surface area contributed by atoms with E-state index in [4.69, 9.17) is 19.9 Å². The predicted molar refractivity (Wildman–Crippen MR) is 156 cm³/mol. The van der Waals surface area contributed by atoms with Gasteiger partial charge in [-0.15, -0.1) is 0 Å². The van der Waals surface area contributed by atoms with E-state index in [1.165, 1.54) is 9.80 Å². The molecule has 42 heavy (non-hydrogen) atoms. The molecule has 2 aliphatic carbocycles. The van der Waals surface area contributed by atoms with Crippen LogP contribution in [-0.2, 0) is 14.3 Å².